The Morgan fingerprint density at radius 1 is 1.25 bits per heavy atom. The average molecular weight is 396 g/mol. The Bertz CT molecular complexity index is 684. The maximum atomic E-state index is 12.5. The van der Waals surface area contributed by atoms with Crippen LogP contribution in [0, 0.1) is 35.0 Å². The monoisotopic (exact) mass is 396 g/mol. The van der Waals surface area contributed by atoms with Gasteiger partial charge in [-0.2, -0.15) is 0 Å². The molecule has 8 heteroatoms. The van der Waals surface area contributed by atoms with Crippen LogP contribution in [0.3, 0.4) is 0 Å². The number of carbonyl (C=O) groups excluding carboxylic acids is 4. The quantitative estimate of drug-likeness (QED) is 0.471. The van der Waals surface area contributed by atoms with Crippen molar-refractivity contribution in [2.75, 3.05) is 13.7 Å². The lowest BCUT2D eigenvalue weighted by molar-refractivity contribution is -0.172. The maximum Gasteiger partial charge on any atom is 0.312 e. The first-order valence-corrected chi connectivity index (χ1v) is 9.78. The number of carbonyl (C=O) groups is 4. The third-order valence-electron chi connectivity index (χ3n) is 6.57. The second-order valence-electron chi connectivity index (χ2n) is 8.68. The largest absolute Gasteiger partial charge is 0.469 e. The number of methoxy groups -OCH3 is 1. The van der Waals surface area contributed by atoms with Gasteiger partial charge in [0.1, 0.15) is 18.8 Å². The molecule has 0 aromatic heterocycles. The fourth-order valence-electron chi connectivity index (χ4n) is 4.46. The van der Waals surface area contributed by atoms with Crippen molar-refractivity contribution in [2.45, 2.75) is 52.7 Å². The molecule has 7 atom stereocenters. The van der Waals surface area contributed by atoms with Gasteiger partial charge in [0.05, 0.1) is 30.3 Å². The van der Waals surface area contributed by atoms with E-state index in [-0.39, 0.29) is 24.4 Å². The van der Waals surface area contributed by atoms with Crippen LogP contribution in [0.5, 0.6) is 0 Å². The van der Waals surface area contributed by atoms with Crippen LogP contribution in [-0.2, 0) is 38.1 Å². The van der Waals surface area contributed by atoms with Gasteiger partial charge in [-0.15, -0.1) is 0 Å². The zero-order chi connectivity index (χ0) is 20.8. The zero-order valence-electron chi connectivity index (χ0n) is 16.9. The summed E-state index contributed by atoms with van der Waals surface area (Å²) in [5.74, 6) is -4.04. The van der Waals surface area contributed by atoms with Crippen LogP contribution < -0.4 is 0 Å². The summed E-state index contributed by atoms with van der Waals surface area (Å²) in [5, 5.41) is 0. The Morgan fingerprint density at radius 2 is 1.93 bits per heavy atom. The van der Waals surface area contributed by atoms with E-state index in [1.807, 2.05) is 6.92 Å². The Kier molecular flexibility index (Phi) is 5.42. The van der Waals surface area contributed by atoms with Gasteiger partial charge in [-0.05, 0) is 33.6 Å². The first-order chi connectivity index (χ1) is 13.1. The van der Waals surface area contributed by atoms with Crippen molar-refractivity contribution in [3.63, 3.8) is 0 Å². The Labute approximate surface area is 164 Å². The molecule has 7 unspecified atom stereocenters. The van der Waals surface area contributed by atoms with Crippen molar-refractivity contribution in [3.05, 3.63) is 0 Å². The summed E-state index contributed by atoms with van der Waals surface area (Å²) < 4.78 is 21.2. The zero-order valence-corrected chi connectivity index (χ0v) is 16.9. The number of esters is 4. The van der Waals surface area contributed by atoms with Crippen LogP contribution in [0.1, 0.15) is 40.5 Å². The summed E-state index contributed by atoms with van der Waals surface area (Å²) in [5.41, 5.74) is -0.616. The summed E-state index contributed by atoms with van der Waals surface area (Å²) in [6.45, 7) is 6.98. The van der Waals surface area contributed by atoms with E-state index in [9.17, 15) is 19.2 Å². The lowest BCUT2D eigenvalue weighted by atomic mass is 9.78. The van der Waals surface area contributed by atoms with Crippen molar-refractivity contribution >= 4 is 23.9 Å². The molecule has 0 amide bonds. The van der Waals surface area contributed by atoms with Gasteiger partial charge in [0.15, 0.2) is 0 Å². The van der Waals surface area contributed by atoms with Crippen molar-refractivity contribution in [2.24, 2.45) is 35.0 Å². The van der Waals surface area contributed by atoms with E-state index in [1.165, 1.54) is 7.11 Å². The van der Waals surface area contributed by atoms with Gasteiger partial charge in [0.2, 0.25) is 0 Å². The smallest absolute Gasteiger partial charge is 0.312 e. The first kappa shape index (κ1) is 20.6. The second kappa shape index (κ2) is 7.37. The van der Waals surface area contributed by atoms with Crippen LogP contribution in [0.2, 0.25) is 0 Å². The van der Waals surface area contributed by atoms with Crippen molar-refractivity contribution < 1.29 is 38.1 Å². The molecule has 0 spiro atoms. The standard InChI is InChI=1S/C20H28O8/c1-6-20(3,4)19(24)26-8-9(2)16(21)27-14-10-7-11-13(12(10)17(22)25-5)18(23)28-15(11)14/h9-15H,6-8H2,1-5H3. The van der Waals surface area contributed by atoms with Crippen LogP contribution in [0.15, 0.2) is 0 Å². The molecule has 1 heterocycles. The van der Waals surface area contributed by atoms with Crippen LogP contribution in [0.25, 0.3) is 0 Å². The van der Waals surface area contributed by atoms with Crippen LogP contribution in [-0.4, -0.2) is 49.8 Å². The normalized spacial score (nSPS) is 34.0. The van der Waals surface area contributed by atoms with Gasteiger partial charge < -0.3 is 18.9 Å². The van der Waals surface area contributed by atoms with E-state index in [1.54, 1.807) is 20.8 Å². The highest BCUT2D eigenvalue weighted by Crippen LogP contribution is 2.59. The van der Waals surface area contributed by atoms with Crippen molar-refractivity contribution in [1.82, 2.24) is 0 Å². The Balaban J connectivity index is 1.62. The molecule has 156 valence electrons. The summed E-state index contributed by atoms with van der Waals surface area (Å²) >= 11 is 0. The molecule has 3 fully saturated rings. The highest BCUT2D eigenvalue weighted by Gasteiger charge is 2.70. The number of rotatable bonds is 7. The summed E-state index contributed by atoms with van der Waals surface area (Å²) in [6, 6.07) is 0. The lowest BCUT2D eigenvalue weighted by Crippen LogP contribution is -2.44. The van der Waals surface area contributed by atoms with Gasteiger partial charge in [-0.3, -0.25) is 19.2 Å². The molecule has 0 aromatic rings. The van der Waals surface area contributed by atoms with Gasteiger partial charge >= 0.3 is 23.9 Å². The predicted octanol–water partition coefficient (Wildman–Crippen LogP) is 1.49. The van der Waals surface area contributed by atoms with Gasteiger partial charge in [-0.25, -0.2) is 0 Å². The maximum absolute atomic E-state index is 12.5. The molecule has 0 aromatic carbocycles. The molecule has 3 rings (SSSR count). The first-order valence-electron chi connectivity index (χ1n) is 9.78. The molecule has 3 aliphatic rings. The Hall–Kier alpha value is -2.12. The summed E-state index contributed by atoms with van der Waals surface area (Å²) in [4.78, 5) is 49.0. The lowest BCUT2D eigenvalue weighted by Gasteiger charge is -2.30. The van der Waals surface area contributed by atoms with E-state index in [0.29, 0.717) is 12.8 Å². The van der Waals surface area contributed by atoms with Gasteiger partial charge in [0, 0.05) is 11.8 Å². The molecule has 2 bridgehead atoms. The van der Waals surface area contributed by atoms with Crippen molar-refractivity contribution in [1.29, 1.82) is 0 Å². The minimum absolute atomic E-state index is 0.0879. The third-order valence-corrected chi connectivity index (χ3v) is 6.57. The van der Waals surface area contributed by atoms with Crippen LogP contribution in [0.4, 0.5) is 0 Å². The molecule has 2 saturated carbocycles. The van der Waals surface area contributed by atoms with E-state index < -0.39 is 53.3 Å². The van der Waals surface area contributed by atoms with Gasteiger partial charge in [-0.1, -0.05) is 6.92 Å². The Morgan fingerprint density at radius 3 is 2.54 bits per heavy atom. The second-order valence-corrected chi connectivity index (χ2v) is 8.68. The van der Waals surface area contributed by atoms with Crippen LogP contribution >= 0.6 is 0 Å². The minimum Gasteiger partial charge on any atom is -0.469 e. The average Bonchev–Trinajstić information content (AvgIpc) is 3.28. The highest BCUT2D eigenvalue weighted by atomic mass is 16.6. The molecular formula is C20H28O8. The van der Waals surface area contributed by atoms with E-state index in [2.05, 4.69) is 0 Å². The molecule has 28 heavy (non-hydrogen) atoms. The summed E-state index contributed by atoms with van der Waals surface area (Å²) in [6.07, 6.45) is 0.0295. The molecule has 0 radical (unpaired) electrons. The number of hydrogen-bond acceptors (Lipinski definition) is 8. The van der Waals surface area contributed by atoms with Crippen molar-refractivity contribution in [3.8, 4) is 0 Å². The topological polar surface area (TPSA) is 105 Å². The third kappa shape index (κ3) is 3.26. The molecule has 1 aliphatic heterocycles. The fourth-order valence-corrected chi connectivity index (χ4v) is 4.46. The molecule has 2 aliphatic carbocycles. The number of hydrogen-bond donors (Lipinski definition) is 0. The molecule has 0 N–H and O–H groups in total. The SMILES string of the molecule is CCC(C)(C)C(=O)OCC(C)C(=O)OC1C2CC3C1OC(=O)C3C2C(=O)OC. The highest BCUT2D eigenvalue weighted by molar-refractivity contribution is 5.86. The molecular weight excluding hydrogens is 368 g/mol. The fraction of sp³-hybridized carbons (Fsp3) is 0.800. The minimum atomic E-state index is -0.672. The molecule has 1 saturated heterocycles. The van der Waals surface area contributed by atoms with E-state index in [0.717, 1.165) is 0 Å². The predicted molar refractivity (Wildman–Crippen MR) is 94.5 cm³/mol. The number of ether oxygens (including phenoxy) is 4. The van der Waals surface area contributed by atoms with E-state index >= 15 is 0 Å². The summed E-state index contributed by atoms with van der Waals surface area (Å²) in [7, 11) is 1.28. The van der Waals surface area contributed by atoms with Gasteiger partial charge in [0.25, 0.3) is 0 Å². The molecule has 8 nitrogen and oxygen atoms in total. The van der Waals surface area contributed by atoms with E-state index in [4.69, 9.17) is 18.9 Å². The number of fused-ring (bicyclic) bond motifs is 1.